The highest BCUT2D eigenvalue weighted by molar-refractivity contribution is 6.02. The SMILES string of the molecule is O=C(C1CCCC(C(=O)[NH+](c2ccccc2)c2ccccc2)C1)N(c1ccccc1)c1ccccc1. The Morgan fingerprint density at radius 3 is 1.47 bits per heavy atom. The topological polar surface area (TPSA) is 41.8 Å². The van der Waals surface area contributed by atoms with Crippen molar-refractivity contribution < 1.29 is 14.5 Å². The quantitative estimate of drug-likeness (QED) is 0.359. The molecule has 0 spiro atoms. The molecule has 0 aliphatic heterocycles. The predicted octanol–water partition coefficient (Wildman–Crippen LogP) is 6.23. The van der Waals surface area contributed by atoms with Gasteiger partial charge in [0.15, 0.2) is 0 Å². The molecule has 4 heteroatoms. The first kappa shape index (κ1) is 23.7. The van der Waals surface area contributed by atoms with E-state index in [1.165, 1.54) is 0 Å². The fourth-order valence-electron chi connectivity index (χ4n) is 5.26. The lowest BCUT2D eigenvalue weighted by molar-refractivity contribution is -0.675. The first-order valence-corrected chi connectivity index (χ1v) is 12.7. The molecule has 0 radical (unpaired) electrons. The number of hydrogen-bond donors (Lipinski definition) is 1. The molecule has 0 aromatic heterocycles. The normalized spacial score (nSPS) is 17.5. The van der Waals surface area contributed by atoms with Crippen molar-refractivity contribution in [2.75, 3.05) is 4.90 Å². The second kappa shape index (κ2) is 11.1. The fourth-order valence-corrected chi connectivity index (χ4v) is 5.26. The van der Waals surface area contributed by atoms with E-state index < -0.39 is 0 Å². The number of quaternary nitrogens is 1. The third-order valence-electron chi connectivity index (χ3n) is 7.01. The van der Waals surface area contributed by atoms with Gasteiger partial charge in [-0.15, -0.1) is 0 Å². The molecule has 2 amide bonds. The van der Waals surface area contributed by atoms with Crippen LogP contribution >= 0.6 is 0 Å². The minimum Gasteiger partial charge on any atom is -0.281 e. The largest absolute Gasteiger partial charge is 0.325 e. The lowest BCUT2D eigenvalue weighted by atomic mass is 9.79. The molecule has 0 bridgehead atoms. The van der Waals surface area contributed by atoms with Crippen LogP contribution in [0.25, 0.3) is 0 Å². The summed E-state index contributed by atoms with van der Waals surface area (Å²) in [6, 6.07) is 39.4. The number of carbonyl (C=O) groups excluding carboxylic acids is 2. The number of benzene rings is 4. The van der Waals surface area contributed by atoms with Gasteiger partial charge in [0.05, 0.1) is 5.92 Å². The Labute approximate surface area is 212 Å². The number of nitrogens with one attached hydrogen (secondary N) is 1. The molecule has 36 heavy (non-hydrogen) atoms. The van der Waals surface area contributed by atoms with Crippen molar-refractivity contribution in [2.45, 2.75) is 25.7 Å². The van der Waals surface area contributed by atoms with Gasteiger partial charge in [-0.3, -0.25) is 9.69 Å². The van der Waals surface area contributed by atoms with Gasteiger partial charge in [0.2, 0.25) is 5.91 Å². The number of para-hydroxylation sites is 4. The highest BCUT2D eigenvalue weighted by Crippen LogP contribution is 2.35. The molecular weight excluding hydrogens is 444 g/mol. The summed E-state index contributed by atoms with van der Waals surface area (Å²) in [6.07, 6.45) is 3.03. The third kappa shape index (κ3) is 5.14. The number of amides is 2. The maximum absolute atomic E-state index is 14.0. The van der Waals surface area contributed by atoms with Crippen molar-refractivity contribution in [3.05, 3.63) is 121 Å². The molecule has 1 aliphatic rings. The van der Waals surface area contributed by atoms with Crippen LogP contribution in [0.5, 0.6) is 0 Å². The van der Waals surface area contributed by atoms with Gasteiger partial charge in [0.25, 0.3) is 0 Å². The smallest absolute Gasteiger partial charge is 0.281 e. The monoisotopic (exact) mass is 475 g/mol. The molecule has 1 fully saturated rings. The maximum Gasteiger partial charge on any atom is 0.325 e. The van der Waals surface area contributed by atoms with E-state index in [4.69, 9.17) is 0 Å². The minimum absolute atomic E-state index is 0.0610. The van der Waals surface area contributed by atoms with Crippen molar-refractivity contribution in [3.8, 4) is 0 Å². The number of carbonyl (C=O) groups is 2. The van der Waals surface area contributed by atoms with E-state index >= 15 is 0 Å². The van der Waals surface area contributed by atoms with Crippen LogP contribution in [0.2, 0.25) is 0 Å². The molecule has 0 saturated heterocycles. The van der Waals surface area contributed by atoms with Crippen molar-refractivity contribution >= 4 is 34.6 Å². The number of rotatable bonds is 6. The summed E-state index contributed by atoms with van der Waals surface area (Å²) in [4.78, 5) is 30.6. The average molecular weight is 476 g/mol. The number of hydrogen-bond acceptors (Lipinski definition) is 2. The zero-order chi connectivity index (χ0) is 24.7. The zero-order valence-corrected chi connectivity index (χ0v) is 20.3. The van der Waals surface area contributed by atoms with Crippen LogP contribution in [-0.2, 0) is 9.59 Å². The number of nitrogens with zero attached hydrogens (tertiary/aromatic N) is 1. The Balaban J connectivity index is 1.42. The molecule has 4 nitrogen and oxygen atoms in total. The lowest BCUT2D eigenvalue weighted by Crippen LogP contribution is -3.06. The Kier molecular flexibility index (Phi) is 7.34. The first-order chi connectivity index (χ1) is 17.7. The summed E-state index contributed by atoms with van der Waals surface area (Å²) in [7, 11) is 0. The van der Waals surface area contributed by atoms with E-state index in [1.807, 2.05) is 126 Å². The van der Waals surface area contributed by atoms with E-state index in [0.29, 0.717) is 6.42 Å². The van der Waals surface area contributed by atoms with Crippen LogP contribution < -0.4 is 9.80 Å². The van der Waals surface area contributed by atoms with Crippen LogP contribution in [0, 0.1) is 11.8 Å². The summed E-state index contributed by atoms with van der Waals surface area (Å²) >= 11 is 0. The highest BCUT2D eigenvalue weighted by Gasteiger charge is 2.39. The molecule has 0 heterocycles. The van der Waals surface area contributed by atoms with Crippen LogP contribution in [-0.4, -0.2) is 11.8 Å². The lowest BCUT2D eigenvalue weighted by Gasteiger charge is -2.32. The minimum atomic E-state index is -0.207. The van der Waals surface area contributed by atoms with Crippen LogP contribution in [0.3, 0.4) is 0 Å². The second-order valence-electron chi connectivity index (χ2n) is 9.38. The molecule has 4 aromatic rings. The van der Waals surface area contributed by atoms with Crippen LogP contribution in [0.15, 0.2) is 121 Å². The standard InChI is InChI=1S/C32H30N2O2/c35-31(33(27-16-5-1-6-17-27)28-18-7-2-8-19-28)25-14-13-15-26(24-25)32(36)34(29-20-9-3-10-21-29)30-22-11-4-12-23-30/h1-12,16-23,25-26H,13-15,24H2/p+1. The van der Waals surface area contributed by atoms with E-state index in [1.54, 1.807) is 0 Å². The molecule has 2 unspecified atom stereocenters. The van der Waals surface area contributed by atoms with Gasteiger partial charge in [-0.05, 0) is 67.8 Å². The van der Waals surface area contributed by atoms with E-state index in [9.17, 15) is 9.59 Å². The van der Waals surface area contributed by atoms with Gasteiger partial charge >= 0.3 is 5.91 Å². The molecule has 1 N–H and O–H groups in total. The summed E-state index contributed by atoms with van der Waals surface area (Å²) in [5.74, 6) is -0.195. The summed E-state index contributed by atoms with van der Waals surface area (Å²) in [5, 5.41) is 0. The molecule has 5 rings (SSSR count). The highest BCUT2D eigenvalue weighted by atomic mass is 16.2. The molecular formula is C32H31N2O2+. The average Bonchev–Trinajstić information content (AvgIpc) is 2.96. The zero-order valence-electron chi connectivity index (χ0n) is 20.3. The molecule has 180 valence electrons. The molecule has 2 atom stereocenters. The molecule has 1 saturated carbocycles. The maximum atomic E-state index is 14.0. The predicted molar refractivity (Wildman–Crippen MR) is 144 cm³/mol. The van der Waals surface area contributed by atoms with Crippen LogP contribution in [0.1, 0.15) is 25.7 Å². The van der Waals surface area contributed by atoms with Gasteiger partial charge in [-0.25, -0.2) is 9.69 Å². The Morgan fingerprint density at radius 1 is 0.583 bits per heavy atom. The van der Waals surface area contributed by atoms with E-state index in [2.05, 4.69) is 0 Å². The first-order valence-electron chi connectivity index (χ1n) is 12.7. The molecule has 4 aromatic carbocycles. The van der Waals surface area contributed by atoms with Crippen molar-refractivity contribution in [3.63, 3.8) is 0 Å². The fraction of sp³-hybridized carbons (Fsp3) is 0.188. The van der Waals surface area contributed by atoms with Crippen molar-refractivity contribution in [1.82, 2.24) is 0 Å². The third-order valence-corrected chi connectivity index (χ3v) is 7.01. The van der Waals surface area contributed by atoms with Gasteiger partial charge in [0.1, 0.15) is 11.4 Å². The van der Waals surface area contributed by atoms with Gasteiger partial charge < -0.3 is 0 Å². The van der Waals surface area contributed by atoms with Gasteiger partial charge in [-0.1, -0.05) is 79.2 Å². The summed E-state index contributed by atoms with van der Waals surface area (Å²) in [6.45, 7) is 0. The Morgan fingerprint density at radius 2 is 1.00 bits per heavy atom. The number of anilines is 2. The van der Waals surface area contributed by atoms with E-state index in [-0.39, 0.29) is 23.7 Å². The van der Waals surface area contributed by atoms with Crippen molar-refractivity contribution in [1.29, 1.82) is 0 Å². The van der Waals surface area contributed by atoms with E-state index in [0.717, 1.165) is 46.9 Å². The Hall–Kier alpha value is -4.02. The molecule has 1 aliphatic carbocycles. The second-order valence-corrected chi connectivity index (χ2v) is 9.38. The van der Waals surface area contributed by atoms with Gasteiger partial charge in [0, 0.05) is 17.3 Å². The van der Waals surface area contributed by atoms with Crippen LogP contribution in [0.4, 0.5) is 22.7 Å². The Bertz CT molecular complexity index is 1100. The summed E-state index contributed by atoms with van der Waals surface area (Å²) < 4.78 is 0. The van der Waals surface area contributed by atoms with Crippen molar-refractivity contribution in [2.24, 2.45) is 11.8 Å². The van der Waals surface area contributed by atoms with Gasteiger partial charge in [-0.2, -0.15) is 0 Å². The summed E-state index contributed by atoms with van der Waals surface area (Å²) in [5.41, 5.74) is 3.56.